The average Bonchev–Trinajstić information content (AvgIpc) is 2.34. The second-order valence-electron chi connectivity index (χ2n) is 5.77. The summed E-state index contributed by atoms with van der Waals surface area (Å²) in [6.45, 7) is 6.62. The smallest absolute Gasteiger partial charge is 0.148 e. The van der Waals surface area contributed by atoms with Crippen LogP contribution < -0.4 is 16.6 Å². The van der Waals surface area contributed by atoms with E-state index in [1.54, 1.807) is 6.33 Å². The third-order valence-electron chi connectivity index (χ3n) is 4.04. The maximum absolute atomic E-state index is 5.44. The quantitative estimate of drug-likeness (QED) is 0.566. The minimum absolute atomic E-state index is 0.311. The van der Waals surface area contributed by atoms with Crippen LogP contribution in [0.1, 0.15) is 45.1 Å². The van der Waals surface area contributed by atoms with Crippen LogP contribution in [0, 0.1) is 12.3 Å². The highest BCUT2D eigenvalue weighted by atomic mass is 15.3. The molecule has 5 heteroatoms. The number of nitrogens with zero attached hydrogens (tertiary/aromatic N) is 2. The van der Waals surface area contributed by atoms with E-state index in [2.05, 4.69) is 34.6 Å². The summed E-state index contributed by atoms with van der Waals surface area (Å²) in [5.41, 5.74) is 3.89. The molecule has 1 saturated carbocycles. The zero-order valence-corrected chi connectivity index (χ0v) is 11.5. The molecule has 0 aromatic carbocycles. The molecule has 0 saturated heterocycles. The van der Waals surface area contributed by atoms with Gasteiger partial charge in [0.15, 0.2) is 0 Å². The fourth-order valence-electron chi connectivity index (χ4n) is 2.67. The van der Waals surface area contributed by atoms with E-state index in [-0.39, 0.29) is 0 Å². The Morgan fingerprint density at radius 3 is 2.67 bits per heavy atom. The number of aromatic nitrogens is 2. The van der Waals surface area contributed by atoms with Gasteiger partial charge in [-0.3, -0.25) is 0 Å². The number of rotatable bonds is 3. The Morgan fingerprint density at radius 1 is 1.28 bits per heavy atom. The lowest BCUT2D eigenvalue weighted by Crippen LogP contribution is -2.39. The molecule has 100 valence electrons. The van der Waals surface area contributed by atoms with Crippen molar-refractivity contribution in [2.75, 3.05) is 10.7 Å². The highest BCUT2D eigenvalue weighted by molar-refractivity contribution is 5.56. The lowest BCUT2D eigenvalue weighted by molar-refractivity contribution is 0.216. The van der Waals surface area contributed by atoms with Crippen LogP contribution in [0.4, 0.5) is 11.6 Å². The summed E-state index contributed by atoms with van der Waals surface area (Å²) in [5, 5.41) is 3.57. The number of hydrazine groups is 1. The SMILES string of the molecule is Cc1c(NN)ncnc1NC1CCCCC1(C)C. The van der Waals surface area contributed by atoms with Crippen molar-refractivity contribution >= 4 is 11.6 Å². The molecule has 1 aromatic heterocycles. The molecule has 0 spiro atoms. The van der Waals surface area contributed by atoms with E-state index >= 15 is 0 Å². The average molecular weight is 249 g/mol. The number of hydrogen-bond donors (Lipinski definition) is 3. The van der Waals surface area contributed by atoms with E-state index in [1.165, 1.54) is 25.7 Å². The van der Waals surface area contributed by atoms with Crippen LogP contribution in [0.2, 0.25) is 0 Å². The normalized spacial score (nSPS) is 22.6. The molecule has 1 unspecified atom stereocenters. The summed E-state index contributed by atoms with van der Waals surface area (Å²) in [7, 11) is 0. The van der Waals surface area contributed by atoms with Crippen LogP contribution in [0.5, 0.6) is 0 Å². The maximum atomic E-state index is 5.44. The van der Waals surface area contributed by atoms with Crippen LogP contribution in [0.25, 0.3) is 0 Å². The van der Waals surface area contributed by atoms with Gasteiger partial charge in [-0.15, -0.1) is 0 Å². The number of nitrogens with one attached hydrogen (secondary N) is 2. The largest absolute Gasteiger partial charge is 0.366 e. The third-order valence-corrected chi connectivity index (χ3v) is 4.04. The van der Waals surface area contributed by atoms with Crippen LogP contribution in [-0.4, -0.2) is 16.0 Å². The zero-order valence-electron chi connectivity index (χ0n) is 11.5. The summed E-state index contributed by atoms with van der Waals surface area (Å²) >= 11 is 0. The fraction of sp³-hybridized carbons (Fsp3) is 0.692. The van der Waals surface area contributed by atoms with Crippen LogP contribution in [-0.2, 0) is 0 Å². The Bertz CT molecular complexity index is 416. The first-order valence-electron chi connectivity index (χ1n) is 6.59. The van der Waals surface area contributed by atoms with Gasteiger partial charge in [0, 0.05) is 11.6 Å². The zero-order chi connectivity index (χ0) is 13.2. The lowest BCUT2D eigenvalue weighted by Gasteiger charge is -2.39. The van der Waals surface area contributed by atoms with Crippen molar-refractivity contribution in [2.45, 2.75) is 52.5 Å². The van der Waals surface area contributed by atoms with Gasteiger partial charge in [-0.05, 0) is 25.2 Å². The van der Waals surface area contributed by atoms with E-state index in [0.717, 1.165) is 11.4 Å². The Labute approximate surface area is 109 Å². The Balaban J connectivity index is 2.18. The summed E-state index contributed by atoms with van der Waals surface area (Å²) < 4.78 is 0. The Hall–Kier alpha value is -1.36. The van der Waals surface area contributed by atoms with Gasteiger partial charge >= 0.3 is 0 Å². The predicted octanol–water partition coefficient (Wildman–Crippen LogP) is 2.45. The Morgan fingerprint density at radius 2 is 2.00 bits per heavy atom. The number of nitrogen functional groups attached to an aromatic ring is 1. The van der Waals surface area contributed by atoms with Crippen molar-refractivity contribution in [3.63, 3.8) is 0 Å². The van der Waals surface area contributed by atoms with Gasteiger partial charge in [-0.25, -0.2) is 15.8 Å². The van der Waals surface area contributed by atoms with Crippen molar-refractivity contribution in [3.8, 4) is 0 Å². The van der Waals surface area contributed by atoms with E-state index in [9.17, 15) is 0 Å². The first kappa shape index (κ1) is 13.1. The monoisotopic (exact) mass is 249 g/mol. The molecule has 1 atom stereocenters. The van der Waals surface area contributed by atoms with Gasteiger partial charge in [-0.2, -0.15) is 0 Å². The van der Waals surface area contributed by atoms with Gasteiger partial charge < -0.3 is 10.7 Å². The number of hydrogen-bond acceptors (Lipinski definition) is 5. The highest BCUT2D eigenvalue weighted by Gasteiger charge is 2.32. The lowest BCUT2D eigenvalue weighted by atomic mass is 9.73. The van der Waals surface area contributed by atoms with Crippen LogP contribution >= 0.6 is 0 Å². The molecular formula is C13H23N5. The molecule has 2 rings (SSSR count). The number of nitrogens with two attached hydrogens (primary N) is 1. The first-order valence-corrected chi connectivity index (χ1v) is 6.59. The van der Waals surface area contributed by atoms with Crippen molar-refractivity contribution in [2.24, 2.45) is 11.3 Å². The van der Waals surface area contributed by atoms with Crippen LogP contribution in [0.3, 0.4) is 0 Å². The standard InChI is InChI=1S/C13H23N5/c1-9-11(15-8-16-12(9)18-14)17-10-6-4-5-7-13(10,2)3/h8,10H,4-7,14H2,1-3H3,(H2,15,16,17,18). The molecule has 0 radical (unpaired) electrons. The number of anilines is 2. The molecule has 5 nitrogen and oxygen atoms in total. The van der Waals surface area contributed by atoms with E-state index in [0.29, 0.717) is 17.3 Å². The molecule has 1 heterocycles. The first-order chi connectivity index (χ1) is 8.54. The van der Waals surface area contributed by atoms with Gasteiger partial charge in [0.05, 0.1) is 0 Å². The molecule has 4 N–H and O–H groups in total. The molecule has 0 aliphatic heterocycles. The highest BCUT2D eigenvalue weighted by Crippen LogP contribution is 2.37. The van der Waals surface area contributed by atoms with Crippen molar-refractivity contribution in [1.82, 2.24) is 9.97 Å². The molecular weight excluding hydrogens is 226 g/mol. The predicted molar refractivity (Wildman–Crippen MR) is 74.2 cm³/mol. The topological polar surface area (TPSA) is 75.9 Å². The minimum Gasteiger partial charge on any atom is -0.366 e. The third kappa shape index (κ3) is 2.56. The molecule has 1 fully saturated rings. The van der Waals surface area contributed by atoms with Gasteiger partial charge in [-0.1, -0.05) is 26.7 Å². The summed E-state index contributed by atoms with van der Waals surface area (Å²) in [6, 6.07) is 0.463. The molecule has 1 aromatic rings. The van der Waals surface area contributed by atoms with E-state index < -0.39 is 0 Å². The minimum atomic E-state index is 0.311. The summed E-state index contributed by atoms with van der Waals surface area (Å²) in [6.07, 6.45) is 6.61. The van der Waals surface area contributed by atoms with Crippen molar-refractivity contribution in [1.29, 1.82) is 0 Å². The van der Waals surface area contributed by atoms with Crippen LogP contribution in [0.15, 0.2) is 6.33 Å². The fourth-order valence-corrected chi connectivity index (χ4v) is 2.67. The molecule has 1 aliphatic carbocycles. The Kier molecular flexibility index (Phi) is 3.71. The second-order valence-corrected chi connectivity index (χ2v) is 5.77. The van der Waals surface area contributed by atoms with Crippen molar-refractivity contribution in [3.05, 3.63) is 11.9 Å². The molecule has 18 heavy (non-hydrogen) atoms. The second kappa shape index (κ2) is 5.10. The molecule has 0 bridgehead atoms. The van der Waals surface area contributed by atoms with Gasteiger partial charge in [0.25, 0.3) is 0 Å². The maximum Gasteiger partial charge on any atom is 0.148 e. The van der Waals surface area contributed by atoms with E-state index in [4.69, 9.17) is 5.84 Å². The molecule has 1 aliphatic rings. The summed E-state index contributed by atoms with van der Waals surface area (Å²) in [4.78, 5) is 8.43. The van der Waals surface area contributed by atoms with E-state index in [1.807, 2.05) is 6.92 Å². The van der Waals surface area contributed by atoms with Gasteiger partial charge in [0.2, 0.25) is 0 Å². The van der Waals surface area contributed by atoms with Crippen molar-refractivity contribution < 1.29 is 0 Å². The summed E-state index contributed by atoms with van der Waals surface area (Å²) in [5.74, 6) is 7.01. The van der Waals surface area contributed by atoms with Gasteiger partial charge in [0.1, 0.15) is 18.0 Å². The molecule has 0 amide bonds.